The van der Waals surface area contributed by atoms with E-state index in [1.807, 2.05) is 42.3 Å². The van der Waals surface area contributed by atoms with Gasteiger partial charge in [-0.15, -0.1) is 0 Å². The summed E-state index contributed by atoms with van der Waals surface area (Å²) >= 11 is 0. The lowest BCUT2D eigenvalue weighted by molar-refractivity contribution is 0.0703. The topological polar surface area (TPSA) is 41.4 Å². The van der Waals surface area contributed by atoms with Crippen molar-refractivity contribution >= 4 is 5.91 Å². The maximum absolute atomic E-state index is 12.9. The Morgan fingerprint density at radius 3 is 2.77 bits per heavy atom. The number of carbonyl (C=O) groups excluding carboxylic acids is 1. The van der Waals surface area contributed by atoms with Gasteiger partial charge in [0.25, 0.3) is 5.91 Å². The van der Waals surface area contributed by atoms with Crippen LogP contribution in [0.5, 0.6) is 0 Å². The Kier molecular flexibility index (Phi) is 6.09. The summed E-state index contributed by atoms with van der Waals surface area (Å²) in [6.45, 7) is 5.69. The molecule has 0 bridgehead atoms. The maximum Gasteiger partial charge on any atom is 0.253 e. The van der Waals surface area contributed by atoms with Gasteiger partial charge in [-0.25, -0.2) is 4.98 Å². The number of likely N-dealkylation sites (tertiary alicyclic amines) is 1. The highest BCUT2D eigenvalue weighted by atomic mass is 16.2. The van der Waals surface area contributed by atoms with Crippen LogP contribution in [0.3, 0.4) is 0 Å². The van der Waals surface area contributed by atoms with Crippen molar-refractivity contribution in [2.24, 2.45) is 0 Å². The molecule has 140 valence electrons. The van der Waals surface area contributed by atoms with E-state index in [4.69, 9.17) is 0 Å². The molecule has 0 unspecified atom stereocenters. The third-order valence-corrected chi connectivity index (χ3v) is 5.12. The molecule has 26 heavy (non-hydrogen) atoms. The third kappa shape index (κ3) is 4.52. The number of benzene rings is 1. The molecular weight excluding hydrogens is 324 g/mol. The molecule has 1 aromatic heterocycles. The van der Waals surface area contributed by atoms with Gasteiger partial charge in [0.1, 0.15) is 5.82 Å². The summed E-state index contributed by atoms with van der Waals surface area (Å²) in [5.41, 5.74) is 1.96. The Hall–Kier alpha value is -2.14. The van der Waals surface area contributed by atoms with Gasteiger partial charge < -0.3 is 14.4 Å². The Bertz CT molecular complexity index is 720. The number of aromatic nitrogens is 2. The largest absolute Gasteiger partial charge is 0.338 e. The van der Waals surface area contributed by atoms with E-state index in [1.54, 1.807) is 0 Å². The fourth-order valence-corrected chi connectivity index (χ4v) is 3.68. The fraction of sp³-hybridized carbons (Fsp3) is 0.524. The lowest BCUT2D eigenvalue weighted by Gasteiger charge is -2.33. The first-order chi connectivity index (χ1) is 12.5. The van der Waals surface area contributed by atoms with E-state index in [1.165, 1.54) is 5.56 Å². The molecule has 1 atom stereocenters. The molecule has 1 aliphatic heterocycles. The Labute approximate surface area is 156 Å². The third-order valence-electron chi connectivity index (χ3n) is 5.12. The van der Waals surface area contributed by atoms with Crippen LogP contribution in [0.1, 0.15) is 46.9 Å². The van der Waals surface area contributed by atoms with Crippen molar-refractivity contribution in [1.29, 1.82) is 0 Å². The first-order valence-corrected chi connectivity index (χ1v) is 9.56. The van der Waals surface area contributed by atoms with E-state index in [9.17, 15) is 4.79 Å². The quantitative estimate of drug-likeness (QED) is 0.800. The van der Waals surface area contributed by atoms with Gasteiger partial charge in [-0.2, -0.15) is 0 Å². The zero-order valence-corrected chi connectivity index (χ0v) is 16.2. The van der Waals surface area contributed by atoms with Crippen LogP contribution in [0.25, 0.3) is 0 Å². The minimum absolute atomic E-state index is 0.139. The molecule has 1 aromatic carbocycles. The molecule has 5 nitrogen and oxygen atoms in total. The lowest BCUT2D eigenvalue weighted by Crippen LogP contribution is -2.39. The molecule has 0 N–H and O–H groups in total. The lowest BCUT2D eigenvalue weighted by atomic mass is 9.96. The van der Waals surface area contributed by atoms with Gasteiger partial charge in [0.15, 0.2) is 0 Å². The van der Waals surface area contributed by atoms with Gasteiger partial charge in [0, 0.05) is 43.5 Å². The highest BCUT2D eigenvalue weighted by molar-refractivity contribution is 5.94. The smallest absolute Gasteiger partial charge is 0.253 e. The van der Waals surface area contributed by atoms with Crippen LogP contribution in [0.4, 0.5) is 0 Å². The molecular formula is C21H30N4O. The Morgan fingerprint density at radius 2 is 2.04 bits per heavy atom. The standard InChI is InChI=1S/C21H30N4O/c1-17-7-9-18(10-8-17)21(26)25-13-4-6-19(16-25)20-22-11-15-24(20)14-5-12-23(2)3/h7-11,15,19H,4-6,12-14,16H2,1-3H3/t19-/m0/s1. The summed E-state index contributed by atoms with van der Waals surface area (Å²) in [5, 5.41) is 0. The van der Waals surface area contributed by atoms with Crippen molar-refractivity contribution in [3.63, 3.8) is 0 Å². The van der Waals surface area contributed by atoms with Crippen molar-refractivity contribution < 1.29 is 4.79 Å². The van der Waals surface area contributed by atoms with Crippen LogP contribution < -0.4 is 0 Å². The fourth-order valence-electron chi connectivity index (χ4n) is 3.68. The first kappa shape index (κ1) is 18.6. The van der Waals surface area contributed by atoms with Gasteiger partial charge >= 0.3 is 0 Å². The SMILES string of the molecule is Cc1ccc(C(=O)N2CCC[C@H](c3nccn3CCCN(C)C)C2)cc1. The predicted molar refractivity (Wildman–Crippen MR) is 104 cm³/mol. The number of aryl methyl sites for hydroxylation is 2. The van der Waals surface area contributed by atoms with Gasteiger partial charge in [0.05, 0.1) is 0 Å². The van der Waals surface area contributed by atoms with Crippen LogP contribution in [-0.2, 0) is 6.54 Å². The van der Waals surface area contributed by atoms with E-state index in [0.717, 1.165) is 56.8 Å². The average Bonchev–Trinajstić information content (AvgIpc) is 3.10. The zero-order chi connectivity index (χ0) is 18.5. The van der Waals surface area contributed by atoms with Gasteiger partial charge in [0.2, 0.25) is 0 Å². The van der Waals surface area contributed by atoms with Crippen LogP contribution in [-0.4, -0.2) is 59.0 Å². The van der Waals surface area contributed by atoms with Gasteiger partial charge in [-0.05, 0) is 59.0 Å². The van der Waals surface area contributed by atoms with E-state index >= 15 is 0 Å². The normalized spacial score (nSPS) is 17.7. The second-order valence-corrected chi connectivity index (χ2v) is 7.59. The van der Waals surface area contributed by atoms with E-state index in [2.05, 4.69) is 34.7 Å². The maximum atomic E-state index is 12.9. The van der Waals surface area contributed by atoms with Crippen LogP contribution >= 0.6 is 0 Å². The molecule has 1 saturated heterocycles. The molecule has 3 rings (SSSR count). The number of rotatable bonds is 6. The monoisotopic (exact) mass is 354 g/mol. The number of imidazole rings is 1. The molecule has 0 radical (unpaired) electrons. The molecule has 1 amide bonds. The molecule has 5 heteroatoms. The molecule has 1 aliphatic rings. The first-order valence-electron chi connectivity index (χ1n) is 9.56. The Balaban J connectivity index is 1.66. The van der Waals surface area contributed by atoms with Crippen molar-refractivity contribution in [2.45, 2.75) is 38.6 Å². The second kappa shape index (κ2) is 8.49. The summed E-state index contributed by atoms with van der Waals surface area (Å²) in [5.74, 6) is 1.60. The highest BCUT2D eigenvalue weighted by Crippen LogP contribution is 2.27. The zero-order valence-electron chi connectivity index (χ0n) is 16.2. The van der Waals surface area contributed by atoms with Gasteiger partial charge in [-0.1, -0.05) is 17.7 Å². The minimum Gasteiger partial charge on any atom is -0.338 e. The number of piperidine rings is 1. The number of hydrogen-bond donors (Lipinski definition) is 0. The molecule has 2 aromatic rings. The van der Waals surface area contributed by atoms with Crippen LogP contribution in [0.15, 0.2) is 36.7 Å². The van der Waals surface area contributed by atoms with Crippen molar-refractivity contribution in [3.8, 4) is 0 Å². The number of nitrogens with zero attached hydrogens (tertiary/aromatic N) is 4. The summed E-state index contributed by atoms with van der Waals surface area (Å²) in [7, 11) is 4.20. The summed E-state index contributed by atoms with van der Waals surface area (Å²) in [6.07, 6.45) is 7.21. The van der Waals surface area contributed by atoms with Crippen LogP contribution in [0.2, 0.25) is 0 Å². The Morgan fingerprint density at radius 1 is 1.27 bits per heavy atom. The van der Waals surface area contributed by atoms with Gasteiger partial charge in [-0.3, -0.25) is 4.79 Å². The highest BCUT2D eigenvalue weighted by Gasteiger charge is 2.27. The van der Waals surface area contributed by atoms with Crippen molar-refractivity contribution in [2.75, 3.05) is 33.7 Å². The van der Waals surface area contributed by atoms with E-state index in [-0.39, 0.29) is 5.91 Å². The minimum atomic E-state index is 0.139. The summed E-state index contributed by atoms with van der Waals surface area (Å²) in [4.78, 5) is 21.7. The van der Waals surface area contributed by atoms with E-state index in [0.29, 0.717) is 5.92 Å². The van der Waals surface area contributed by atoms with E-state index < -0.39 is 0 Å². The molecule has 0 spiro atoms. The predicted octanol–water partition coefficient (Wildman–Crippen LogP) is 3.16. The van der Waals surface area contributed by atoms with Crippen LogP contribution in [0, 0.1) is 6.92 Å². The number of hydrogen-bond acceptors (Lipinski definition) is 3. The number of carbonyl (C=O) groups is 1. The molecule has 1 fully saturated rings. The van der Waals surface area contributed by atoms with Crippen molar-refractivity contribution in [3.05, 3.63) is 53.6 Å². The van der Waals surface area contributed by atoms with Crippen molar-refractivity contribution in [1.82, 2.24) is 19.4 Å². The average molecular weight is 354 g/mol. The second-order valence-electron chi connectivity index (χ2n) is 7.59. The summed E-state index contributed by atoms with van der Waals surface area (Å²) in [6, 6.07) is 7.88. The summed E-state index contributed by atoms with van der Waals surface area (Å²) < 4.78 is 2.27. The molecule has 0 aliphatic carbocycles. The molecule has 0 saturated carbocycles. The number of amides is 1. The molecule has 2 heterocycles.